The minimum Gasteiger partial charge on any atom is -0.325 e. The van der Waals surface area contributed by atoms with E-state index in [4.69, 9.17) is 0 Å². The summed E-state index contributed by atoms with van der Waals surface area (Å²) in [5.41, 5.74) is 4.33. The molecule has 0 aliphatic carbocycles. The molecule has 0 saturated heterocycles. The van der Waals surface area contributed by atoms with Crippen LogP contribution in [0.15, 0.2) is 47.6 Å². The molecule has 1 heterocycles. The number of amides is 1. The van der Waals surface area contributed by atoms with E-state index in [1.807, 2.05) is 26.0 Å². The topological polar surface area (TPSA) is 89.8 Å². The van der Waals surface area contributed by atoms with Gasteiger partial charge in [-0.1, -0.05) is 17.8 Å². The van der Waals surface area contributed by atoms with Crippen molar-refractivity contribution in [2.75, 3.05) is 11.1 Å². The molecular formula is C19H19N5O2S. The van der Waals surface area contributed by atoms with Gasteiger partial charge in [-0.25, -0.2) is 0 Å². The molecule has 0 aliphatic rings. The number of carbonyl (C=O) groups excluding carboxylic acids is 2. The fraction of sp³-hybridized carbons (Fsp3) is 0.211. The van der Waals surface area contributed by atoms with E-state index in [0.717, 1.165) is 16.8 Å². The van der Waals surface area contributed by atoms with Gasteiger partial charge in [0.15, 0.2) is 5.78 Å². The van der Waals surface area contributed by atoms with Gasteiger partial charge in [-0.2, -0.15) is 4.68 Å². The maximum atomic E-state index is 12.2. The number of carbonyl (C=O) groups is 2. The molecule has 3 rings (SSSR count). The van der Waals surface area contributed by atoms with Gasteiger partial charge in [-0.15, -0.1) is 5.10 Å². The number of aromatic nitrogens is 4. The van der Waals surface area contributed by atoms with Crippen LogP contribution in [-0.2, 0) is 4.79 Å². The Morgan fingerprint density at radius 2 is 1.74 bits per heavy atom. The molecule has 0 spiro atoms. The SMILES string of the molecule is CC(=O)c1ccc(NC(=O)CSc2nnnn2-c2cc(C)cc(C)c2)cc1. The first kappa shape index (κ1) is 18.8. The lowest BCUT2D eigenvalue weighted by Crippen LogP contribution is -2.14. The van der Waals surface area contributed by atoms with Crippen LogP contribution in [-0.4, -0.2) is 37.7 Å². The third-order valence-corrected chi connectivity index (χ3v) is 4.72. The summed E-state index contributed by atoms with van der Waals surface area (Å²) < 4.78 is 1.62. The number of ketones is 1. The van der Waals surface area contributed by atoms with Gasteiger partial charge in [0.2, 0.25) is 11.1 Å². The van der Waals surface area contributed by atoms with Crippen LogP contribution in [0.2, 0.25) is 0 Å². The van der Waals surface area contributed by atoms with Gasteiger partial charge in [0, 0.05) is 11.3 Å². The van der Waals surface area contributed by atoms with E-state index in [1.165, 1.54) is 18.7 Å². The number of thioether (sulfide) groups is 1. The summed E-state index contributed by atoms with van der Waals surface area (Å²) in [4.78, 5) is 23.5. The van der Waals surface area contributed by atoms with E-state index in [0.29, 0.717) is 16.4 Å². The fourth-order valence-corrected chi connectivity index (χ4v) is 3.31. The standard InChI is InChI=1S/C19H19N5O2S/c1-12-8-13(2)10-17(9-12)24-19(21-22-23-24)27-11-18(26)20-16-6-4-15(5-7-16)14(3)25/h4-10H,11H2,1-3H3,(H,20,26). The average molecular weight is 381 g/mol. The first-order valence-corrected chi connectivity index (χ1v) is 9.31. The first-order chi connectivity index (χ1) is 12.9. The normalized spacial score (nSPS) is 10.6. The van der Waals surface area contributed by atoms with Crippen molar-refractivity contribution in [2.45, 2.75) is 25.9 Å². The highest BCUT2D eigenvalue weighted by Gasteiger charge is 2.12. The Labute approximate surface area is 161 Å². The van der Waals surface area contributed by atoms with E-state index in [-0.39, 0.29) is 17.4 Å². The maximum absolute atomic E-state index is 12.2. The van der Waals surface area contributed by atoms with E-state index in [9.17, 15) is 9.59 Å². The molecule has 0 saturated carbocycles. The Morgan fingerprint density at radius 1 is 1.07 bits per heavy atom. The molecule has 0 fully saturated rings. The summed E-state index contributed by atoms with van der Waals surface area (Å²) in [7, 11) is 0. The predicted octanol–water partition coefficient (Wildman–Crippen LogP) is 3.21. The van der Waals surface area contributed by atoms with Crippen molar-refractivity contribution in [1.29, 1.82) is 0 Å². The average Bonchev–Trinajstić information content (AvgIpc) is 3.08. The third-order valence-electron chi connectivity index (χ3n) is 3.80. The fourth-order valence-electron chi connectivity index (χ4n) is 2.62. The van der Waals surface area contributed by atoms with Crippen molar-refractivity contribution in [3.8, 4) is 5.69 Å². The lowest BCUT2D eigenvalue weighted by atomic mass is 10.1. The van der Waals surface area contributed by atoms with Gasteiger partial charge in [0.25, 0.3) is 0 Å². The Hall–Kier alpha value is -3.00. The van der Waals surface area contributed by atoms with Crippen molar-refractivity contribution in [2.24, 2.45) is 0 Å². The van der Waals surface area contributed by atoms with E-state index in [2.05, 4.69) is 26.9 Å². The molecule has 0 unspecified atom stereocenters. The minimum absolute atomic E-state index is 0.0124. The zero-order chi connectivity index (χ0) is 19.4. The molecule has 0 atom stereocenters. The number of hydrogen-bond acceptors (Lipinski definition) is 6. The number of nitrogens with one attached hydrogen (secondary N) is 1. The van der Waals surface area contributed by atoms with Crippen molar-refractivity contribution < 1.29 is 9.59 Å². The number of benzene rings is 2. The molecule has 138 valence electrons. The van der Waals surface area contributed by atoms with Gasteiger partial charge in [0.1, 0.15) is 0 Å². The molecule has 1 N–H and O–H groups in total. The van der Waals surface area contributed by atoms with E-state index < -0.39 is 0 Å². The number of tetrazole rings is 1. The highest BCUT2D eigenvalue weighted by molar-refractivity contribution is 7.99. The van der Waals surface area contributed by atoms with Gasteiger partial charge in [-0.05, 0) is 78.7 Å². The molecule has 0 aliphatic heterocycles. The third kappa shape index (κ3) is 4.79. The first-order valence-electron chi connectivity index (χ1n) is 8.33. The van der Waals surface area contributed by atoms with E-state index >= 15 is 0 Å². The quantitative estimate of drug-likeness (QED) is 0.521. The molecule has 0 radical (unpaired) electrons. The number of anilines is 1. The van der Waals surface area contributed by atoms with Crippen LogP contribution in [0.4, 0.5) is 5.69 Å². The van der Waals surface area contributed by atoms with Crippen LogP contribution in [0, 0.1) is 13.8 Å². The van der Waals surface area contributed by atoms with Crippen LogP contribution < -0.4 is 5.32 Å². The lowest BCUT2D eigenvalue weighted by Gasteiger charge is -2.07. The summed E-state index contributed by atoms with van der Waals surface area (Å²) in [6, 6.07) is 12.8. The lowest BCUT2D eigenvalue weighted by molar-refractivity contribution is -0.113. The highest BCUT2D eigenvalue weighted by atomic mass is 32.2. The van der Waals surface area contributed by atoms with Gasteiger partial charge < -0.3 is 5.32 Å². The number of nitrogens with zero attached hydrogens (tertiary/aromatic N) is 4. The van der Waals surface area contributed by atoms with Crippen LogP contribution >= 0.6 is 11.8 Å². The van der Waals surface area contributed by atoms with Gasteiger partial charge >= 0.3 is 0 Å². The van der Waals surface area contributed by atoms with Crippen LogP contribution in [0.25, 0.3) is 5.69 Å². The minimum atomic E-state index is -0.175. The van der Waals surface area contributed by atoms with Crippen LogP contribution in [0.5, 0.6) is 0 Å². The number of hydrogen-bond donors (Lipinski definition) is 1. The van der Waals surface area contributed by atoms with Crippen molar-refractivity contribution >= 4 is 29.1 Å². The number of aryl methyl sites for hydroxylation is 2. The smallest absolute Gasteiger partial charge is 0.234 e. The summed E-state index contributed by atoms with van der Waals surface area (Å²) in [6.45, 7) is 5.53. The molecule has 3 aromatic rings. The summed E-state index contributed by atoms with van der Waals surface area (Å²) >= 11 is 1.26. The van der Waals surface area contributed by atoms with E-state index in [1.54, 1.807) is 28.9 Å². The molecular weight excluding hydrogens is 362 g/mol. The zero-order valence-corrected chi connectivity index (χ0v) is 16.1. The van der Waals surface area contributed by atoms with Gasteiger partial charge in [-0.3, -0.25) is 9.59 Å². The summed E-state index contributed by atoms with van der Waals surface area (Å²) in [5, 5.41) is 15.1. The second kappa shape index (κ2) is 8.13. The summed E-state index contributed by atoms with van der Waals surface area (Å²) in [6.07, 6.45) is 0. The molecule has 1 amide bonds. The molecule has 0 bridgehead atoms. The summed E-state index contributed by atoms with van der Waals surface area (Å²) in [5.74, 6) is -0.0215. The zero-order valence-electron chi connectivity index (χ0n) is 15.3. The maximum Gasteiger partial charge on any atom is 0.234 e. The van der Waals surface area contributed by atoms with Crippen LogP contribution in [0.1, 0.15) is 28.4 Å². The Morgan fingerprint density at radius 3 is 2.37 bits per heavy atom. The second-order valence-corrected chi connectivity index (χ2v) is 7.13. The van der Waals surface area contributed by atoms with Crippen molar-refractivity contribution in [3.63, 3.8) is 0 Å². The second-order valence-electron chi connectivity index (χ2n) is 6.19. The van der Waals surface area contributed by atoms with Crippen LogP contribution in [0.3, 0.4) is 0 Å². The number of Topliss-reactive ketones (excluding diaryl/α,β-unsaturated/α-hetero) is 1. The van der Waals surface area contributed by atoms with Gasteiger partial charge in [0.05, 0.1) is 11.4 Å². The Balaban J connectivity index is 1.64. The molecule has 7 nitrogen and oxygen atoms in total. The number of rotatable bonds is 6. The Bertz CT molecular complexity index is 962. The largest absolute Gasteiger partial charge is 0.325 e. The van der Waals surface area contributed by atoms with Crippen molar-refractivity contribution in [3.05, 3.63) is 59.2 Å². The predicted molar refractivity (Wildman–Crippen MR) is 104 cm³/mol. The molecule has 1 aromatic heterocycles. The Kier molecular flexibility index (Phi) is 5.66. The molecule has 27 heavy (non-hydrogen) atoms. The monoisotopic (exact) mass is 381 g/mol. The molecule has 8 heteroatoms. The highest BCUT2D eigenvalue weighted by Crippen LogP contribution is 2.20. The molecule has 2 aromatic carbocycles. The van der Waals surface area contributed by atoms with Crippen molar-refractivity contribution in [1.82, 2.24) is 20.2 Å².